The van der Waals surface area contributed by atoms with Crippen LogP contribution in [0.1, 0.15) is 17.7 Å². The Morgan fingerprint density at radius 2 is 2.26 bits per heavy atom. The van der Waals surface area contributed by atoms with E-state index in [1.165, 1.54) is 11.3 Å². The van der Waals surface area contributed by atoms with E-state index >= 15 is 0 Å². The van der Waals surface area contributed by atoms with Crippen LogP contribution in [0.2, 0.25) is 0 Å². The number of urea groups is 1. The van der Waals surface area contributed by atoms with Crippen LogP contribution in [0.3, 0.4) is 0 Å². The van der Waals surface area contributed by atoms with E-state index in [1.807, 2.05) is 35.7 Å². The van der Waals surface area contributed by atoms with Crippen LogP contribution in [0.15, 0.2) is 41.9 Å². The summed E-state index contributed by atoms with van der Waals surface area (Å²) in [7, 11) is 0. The van der Waals surface area contributed by atoms with Gasteiger partial charge in [0.05, 0.1) is 12.6 Å². The Kier molecular flexibility index (Phi) is 5.71. The van der Waals surface area contributed by atoms with Crippen molar-refractivity contribution in [3.05, 3.63) is 46.8 Å². The molecule has 1 aliphatic heterocycles. The van der Waals surface area contributed by atoms with Crippen LogP contribution in [0.4, 0.5) is 9.93 Å². The molecule has 1 saturated heterocycles. The van der Waals surface area contributed by atoms with Crippen LogP contribution in [-0.2, 0) is 11.3 Å². The lowest BCUT2D eigenvalue weighted by Crippen LogP contribution is -2.39. The van der Waals surface area contributed by atoms with Crippen molar-refractivity contribution in [2.75, 3.05) is 18.5 Å². The quantitative estimate of drug-likeness (QED) is 0.678. The van der Waals surface area contributed by atoms with Crippen molar-refractivity contribution in [3.63, 3.8) is 0 Å². The van der Waals surface area contributed by atoms with Crippen molar-refractivity contribution in [2.45, 2.75) is 25.5 Å². The molecule has 1 fully saturated rings. The third kappa shape index (κ3) is 4.68. The number of rotatable bonds is 6. The molecule has 1 atom stereocenters. The maximum Gasteiger partial charge on any atom is 0.324 e. The topological polar surface area (TPSA) is 80.2 Å². The van der Waals surface area contributed by atoms with Crippen molar-refractivity contribution in [1.82, 2.24) is 20.1 Å². The van der Waals surface area contributed by atoms with E-state index in [2.05, 4.69) is 20.5 Å². The first-order valence-electron chi connectivity index (χ1n) is 8.73. The molecule has 27 heavy (non-hydrogen) atoms. The number of pyridine rings is 1. The van der Waals surface area contributed by atoms with E-state index in [0.717, 1.165) is 30.0 Å². The molecule has 4 heterocycles. The minimum absolute atomic E-state index is 0.0919. The van der Waals surface area contributed by atoms with Gasteiger partial charge in [0.1, 0.15) is 5.69 Å². The van der Waals surface area contributed by atoms with Gasteiger partial charge in [-0.1, -0.05) is 23.5 Å². The Hall–Kier alpha value is -2.36. The fourth-order valence-electron chi connectivity index (χ4n) is 2.88. The third-order valence-electron chi connectivity index (χ3n) is 4.18. The maximum atomic E-state index is 12.9. The van der Waals surface area contributed by atoms with Gasteiger partial charge in [0.2, 0.25) is 5.13 Å². The van der Waals surface area contributed by atoms with Crippen molar-refractivity contribution >= 4 is 33.8 Å². The Morgan fingerprint density at radius 3 is 3.00 bits per heavy atom. The lowest BCUT2D eigenvalue weighted by Gasteiger charge is -2.24. The van der Waals surface area contributed by atoms with Crippen molar-refractivity contribution in [1.29, 1.82) is 0 Å². The predicted octanol–water partition coefficient (Wildman–Crippen LogP) is 3.87. The second-order valence-corrected chi connectivity index (χ2v) is 8.16. The predicted molar refractivity (Wildman–Crippen MR) is 106 cm³/mol. The SMILES string of the molecule is O=C(Nc1nnc(-c2ccccn2)s1)N(Cc1cccs1)CC1CCCO1. The molecule has 0 aliphatic carbocycles. The molecule has 7 nitrogen and oxygen atoms in total. The van der Waals surface area contributed by atoms with Crippen LogP contribution < -0.4 is 5.32 Å². The van der Waals surface area contributed by atoms with Crippen molar-refractivity contribution in [3.8, 4) is 10.7 Å². The first kappa shape index (κ1) is 18.0. The first-order valence-corrected chi connectivity index (χ1v) is 10.4. The van der Waals surface area contributed by atoms with Gasteiger partial charge in [-0.3, -0.25) is 10.3 Å². The zero-order valence-corrected chi connectivity index (χ0v) is 16.2. The molecule has 0 spiro atoms. The fourth-order valence-corrected chi connectivity index (χ4v) is 4.31. The highest BCUT2D eigenvalue weighted by atomic mass is 32.1. The minimum Gasteiger partial charge on any atom is -0.376 e. The summed E-state index contributed by atoms with van der Waals surface area (Å²) >= 11 is 2.95. The Morgan fingerprint density at radius 1 is 1.30 bits per heavy atom. The monoisotopic (exact) mass is 401 g/mol. The number of ether oxygens (including phenoxy) is 1. The highest BCUT2D eigenvalue weighted by molar-refractivity contribution is 7.18. The van der Waals surface area contributed by atoms with Gasteiger partial charge in [-0.2, -0.15) is 0 Å². The number of nitrogens with zero attached hydrogens (tertiary/aromatic N) is 4. The molecule has 9 heteroatoms. The normalized spacial score (nSPS) is 16.4. The van der Waals surface area contributed by atoms with Crippen LogP contribution in [0.5, 0.6) is 0 Å². The summed E-state index contributed by atoms with van der Waals surface area (Å²) < 4.78 is 5.71. The van der Waals surface area contributed by atoms with Gasteiger partial charge in [0.15, 0.2) is 5.01 Å². The van der Waals surface area contributed by atoms with E-state index in [4.69, 9.17) is 4.74 Å². The summed E-state index contributed by atoms with van der Waals surface area (Å²) in [5.74, 6) is 0. The molecule has 140 valence electrons. The van der Waals surface area contributed by atoms with Gasteiger partial charge in [-0.05, 0) is 36.4 Å². The molecular formula is C18H19N5O2S2. The summed E-state index contributed by atoms with van der Waals surface area (Å²) in [6.45, 7) is 1.88. The standard InChI is InChI=1S/C18H19N5O2S2/c24-18(20-17-22-21-16(27-17)15-7-1-2-8-19-15)23(11-13-5-3-9-25-13)12-14-6-4-10-26-14/h1-2,4,6-8,10,13H,3,5,9,11-12H2,(H,20,22,24). The molecule has 1 aliphatic rings. The smallest absolute Gasteiger partial charge is 0.324 e. The van der Waals surface area contributed by atoms with Crippen LogP contribution >= 0.6 is 22.7 Å². The van der Waals surface area contributed by atoms with Crippen molar-refractivity contribution in [2.24, 2.45) is 0 Å². The second-order valence-electron chi connectivity index (χ2n) is 6.15. The molecule has 3 aromatic rings. The number of carbonyl (C=O) groups is 1. The van der Waals surface area contributed by atoms with E-state index in [-0.39, 0.29) is 12.1 Å². The minimum atomic E-state index is -0.192. The van der Waals surface area contributed by atoms with E-state index in [0.29, 0.717) is 23.2 Å². The summed E-state index contributed by atoms with van der Waals surface area (Å²) in [5, 5.41) is 14.2. The lowest BCUT2D eigenvalue weighted by atomic mass is 10.2. The molecule has 0 radical (unpaired) electrons. The molecule has 0 bridgehead atoms. The number of thiophene rings is 1. The molecule has 1 unspecified atom stereocenters. The number of hydrogen-bond acceptors (Lipinski definition) is 7. The number of amides is 2. The highest BCUT2D eigenvalue weighted by Gasteiger charge is 2.24. The first-order chi connectivity index (χ1) is 13.3. The van der Waals surface area contributed by atoms with Gasteiger partial charge >= 0.3 is 6.03 Å². The number of hydrogen-bond donors (Lipinski definition) is 1. The molecular weight excluding hydrogens is 382 g/mol. The maximum absolute atomic E-state index is 12.9. The molecule has 0 saturated carbocycles. The lowest BCUT2D eigenvalue weighted by molar-refractivity contribution is 0.0821. The number of anilines is 1. The number of aromatic nitrogens is 3. The Labute approximate surface area is 165 Å². The van der Waals surface area contributed by atoms with Crippen molar-refractivity contribution < 1.29 is 9.53 Å². The van der Waals surface area contributed by atoms with E-state index in [1.54, 1.807) is 22.4 Å². The van der Waals surface area contributed by atoms with Gasteiger partial charge in [-0.15, -0.1) is 21.5 Å². The average molecular weight is 402 g/mol. The van der Waals surface area contributed by atoms with Crippen LogP contribution in [0, 0.1) is 0 Å². The summed E-state index contributed by atoms with van der Waals surface area (Å²) in [6.07, 6.45) is 3.83. The second kappa shape index (κ2) is 8.55. The summed E-state index contributed by atoms with van der Waals surface area (Å²) in [6, 6.07) is 9.44. The van der Waals surface area contributed by atoms with Gasteiger partial charge in [0.25, 0.3) is 0 Å². The van der Waals surface area contributed by atoms with Gasteiger partial charge in [0, 0.05) is 24.2 Å². The third-order valence-corrected chi connectivity index (χ3v) is 5.91. The fraction of sp³-hybridized carbons (Fsp3) is 0.333. The zero-order valence-electron chi connectivity index (χ0n) is 14.6. The van der Waals surface area contributed by atoms with Gasteiger partial charge < -0.3 is 9.64 Å². The molecule has 0 aromatic carbocycles. The summed E-state index contributed by atoms with van der Waals surface area (Å²) in [4.78, 5) is 20.0. The van der Waals surface area contributed by atoms with E-state index < -0.39 is 0 Å². The van der Waals surface area contributed by atoms with Crippen LogP contribution in [-0.4, -0.2) is 45.4 Å². The Balaban J connectivity index is 1.45. The number of carbonyl (C=O) groups excluding carboxylic acids is 1. The number of nitrogens with one attached hydrogen (secondary N) is 1. The van der Waals surface area contributed by atoms with Gasteiger partial charge in [-0.25, -0.2) is 4.79 Å². The Bertz CT molecular complexity index is 863. The molecule has 4 rings (SSSR count). The zero-order chi connectivity index (χ0) is 18.5. The van der Waals surface area contributed by atoms with Crippen LogP contribution in [0.25, 0.3) is 10.7 Å². The largest absolute Gasteiger partial charge is 0.376 e. The molecule has 1 N–H and O–H groups in total. The van der Waals surface area contributed by atoms with E-state index in [9.17, 15) is 4.79 Å². The molecule has 2 amide bonds. The summed E-state index contributed by atoms with van der Waals surface area (Å²) in [5.41, 5.74) is 0.741. The highest BCUT2D eigenvalue weighted by Crippen LogP contribution is 2.25. The average Bonchev–Trinajstić information content (AvgIpc) is 3.45. The molecule has 3 aromatic heterocycles.